The molecule has 0 bridgehead atoms. The average Bonchev–Trinajstić information content (AvgIpc) is 3.39. The molecular formula is C25H33F4N7O. The van der Waals surface area contributed by atoms with Gasteiger partial charge in [0.2, 0.25) is 5.95 Å². The molecule has 3 heterocycles. The Kier molecular flexibility index (Phi) is 11.3. The fourth-order valence-electron chi connectivity index (χ4n) is 3.59. The van der Waals surface area contributed by atoms with Crippen LogP contribution in [0, 0.1) is 6.92 Å². The topological polar surface area (TPSA) is 82.7 Å². The number of rotatable bonds is 6. The Morgan fingerprint density at radius 3 is 2.49 bits per heavy atom. The third-order valence-electron chi connectivity index (χ3n) is 5.15. The number of hydrogen-bond donors (Lipinski definition) is 1. The van der Waals surface area contributed by atoms with E-state index in [1.165, 1.54) is 23.1 Å². The highest BCUT2D eigenvalue weighted by molar-refractivity contribution is 5.35. The fraction of sp³-hybridized carbons (Fsp3) is 0.440. The van der Waals surface area contributed by atoms with E-state index in [2.05, 4.69) is 36.8 Å². The third kappa shape index (κ3) is 9.36. The second kappa shape index (κ2) is 14.1. The molecule has 0 amide bonds. The lowest BCUT2D eigenvalue weighted by atomic mass is 9.93. The van der Waals surface area contributed by atoms with Gasteiger partial charge in [-0.15, -0.1) is 18.3 Å². The molecule has 202 valence electrons. The zero-order chi connectivity index (χ0) is 27.4. The van der Waals surface area contributed by atoms with Gasteiger partial charge < -0.3 is 10.1 Å². The molecule has 0 spiro atoms. The second-order valence-electron chi connectivity index (χ2n) is 7.81. The number of anilines is 1. The summed E-state index contributed by atoms with van der Waals surface area (Å²) in [7, 11) is 0. The van der Waals surface area contributed by atoms with Crippen LogP contribution in [0.3, 0.4) is 0 Å². The van der Waals surface area contributed by atoms with Crippen LogP contribution in [0.2, 0.25) is 0 Å². The first-order valence-corrected chi connectivity index (χ1v) is 12.0. The van der Waals surface area contributed by atoms with Gasteiger partial charge in [0.1, 0.15) is 29.6 Å². The van der Waals surface area contributed by atoms with Crippen molar-refractivity contribution in [1.29, 1.82) is 0 Å². The van der Waals surface area contributed by atoms with Crippen molar-refractivity contribution < 1.29 is 22.3 Å². The van der Waals surface area contributed by atoms with Crippen LogP contribution in [-0.2, 0) is 13.1 Å². The highest BCUT2D eigenvalue weighted by Gasteiger charge is 2.31. The van der Waals surface area contributed by atoms with E-state index in [0.717, 1.165) is 37.2 Å². The summed E-state index contributed by atoms with van der Waals surface area (Å²) in [6, 6.07) is 6.01. The minimum Gasteiger partial charge on any atom is -0.406 e. The number of aromatic nitrogens is 6. The summed E-state index contributed by atoms with van der Waals surface area (Å²) < 4.78 is 56.3. The molecule has 0 saturated carbocycles. The minimum absolute atomic E-state index is 0.00362. The van der Waals surface area contributed by atoms with Gasteiger partial charge in [-0.05, 0) is 50.6 Å². The third-order valence-corrected chi connectivity index (χ3v) is 5.15. The van der Waals surface area contributed by atoms with Crippen molar-refractivity contribution in [2.24, 2.45) is 0 Å². The summed E-state index contributed by atoms with van der Waals surface area (Å²) >= 11 is 0. The molecule has 0 unspecified atom stereocenters. The van der Waals surface area contributed by atoms with Crippen LogP contribution in [-0.4, -0.2) is 35.9 Å². The number of alkyl halides is 3. The zero-order valence-electron chi connectivity index (χ0n) is 21.5. The molecule has 3 aromatic rings. The number of allylic oxidation sites excluding steroid dienone is 2. The summed E-state index contributed by atoms with van der Waals surface area (Å²) in [5.41, 5.74) is 0.905. The maximum Gasteiger partial charge on any atom is 0.573 e. The Hall–Kier alpha value is -3.70. The van der Waals surface area contributed by atoms with Crippen molar-refractivity contribution in [1.82, 2.24) is 29.5 Å². The van der Waals surface area contributed by atoms with Gasteiger partial charge in [-0.3, -0.25) is 0 Å². The Bertz CT molecular complexity index is 1140. The Labute approximate surface area is 214 Å². The monoisotopic (exact) mass is 523 g/mol. The maximum atomic E-state index is 12.3. The number of hydrogen-bond acceptors (Lipinski definition) is 6. The van der Waals surface area contributed by atoms with Gasteiger partial charge in [-0.25, -0.2) is 18.7 Å². The lowest BCUT2D eigenvalue weighted by Crippen LogP contribution is -2.17. The minimum atomic E-state index is -4.68. The summed E-state index contributed by atoms with van der Waals surface area (Å²) in [5.74, 6) is 1.41. The summed E-state index contributed by atoms with van der Waals surface area (Å²) in [4.78, 5) is 8.38. The predicted octanol–water partition coefficient (Wildman–Crippen LogP) is 6.53. The molecular weight excluding hydrogens is 490 g/mol. The Morgan fingerprint density at radius 2 is 1.92 bits per heavy atom. The van der Waals surface area contributed by atoms with Crippen molar-refractivity contribution in [3.63, 3.8) is 0 Å². The predicted molar refractivity (Wildman–Crippen MR) is 134 cm³/mol. The first kappa shape index (κ1) is 29.5. The van der Waals surface area contributed by atoms with Crippen LogP contribution < -0.4 is 10.1 Å². The lowest BCUT2D eigenvalue weighted by molar-refractivity contribution is -0.274. The van der Waals surface area contributed by atoms with E-state index < -0.39 is 12.2 Å². The van der Waals surface area contributed by atoms with Crippen molar-refractivity contribution in [3.05, 3.63) is 72.5 Å². The van der Waals surface area contributed by atoms with Crippen LogP contribution in [0.5, 0.6) is 5.75 Å². The quantitative estimate of drug-likeness (QED) is 0.370. The number of benzene rings is 1. The largest absolute Gasteiger partial charge is 0.573 e. The smallest absolute Gasteiger partial charge is 0.406 e. The molecule has 1 atom stereocenters. The number of nitrogens with zero attached hydrogens (tertiary/aromatic N) is 6. The van der Waals surface area contributed by atoms with Crippen LogP contribution in [0.4, 0.5) is 23.5 Å². The highest BCUT2D eigenvalue weighted by Crippen LogP contribution is 2.33. The van der Waals surface area contributed by atoms with E-state index in [1.54, 1.807) is 25.3 Å². The number of nitrogens with one attached hydrogen (secondary N) is 1. The summed E-state index contributed by atoms with van der Waals surface area (Å²) in [5, 5.41) is 11.2. The number of ether oxygens (including phenoxy) is 1. The first-order chi connectivity index (χ1) is 17.7. The summed E-state index contributed by atoms with van der Waals surface area (Å²) in [6.07, 6.45) is 3.19. The molecule has 8 nitrogen and oxygen atoms in total. The maximum absolute atomic E-state index is 12.3. The van der Waals surface area contributed by atoms with Crippen molar-refractivity contribution in [3.8, 4) is 5.75 Å². The molecule has 1 aliphatic heterocycles. The summed E-state index contributed by atoms with van der Waals surface area (Å²) in [6.45, 7) is 11.7. The van der Waals surface area contributed by atoms with Gasteiger partial charge >= 0.3 is 6.36 Å². The van der Waals surface area contributed by atoms with Crippen molar-refractivity contribution in [2.45, 2.75) is 72.3 Å². The Morgan fingerprint density at radius 1 is 1.22 bits per heavy atom. The molecule has 12 heteroatoms. The number of aryl methyl sites for hydroxylation is 2. The molecule has 2 aromatic heterocycles. The van der Waals surface area contributed by atoms with E-state index in [9.17, 15) is 17.6 Å². The van der Waals surface area contributed by atoms with Gasteiger partial charge in [0.05, 0.1) is 6.54 Å². The van der Waals surface area contributed by atoms with Gasteiger partial charge in [-0.1, -0.05) is 45.1 Å². The average molecular weight is 524 g/mol. The van der Waals surface area contributed by atoms with Gasteiger partial charge in [0.15, 0.2) is 0 Å². The van der Waals surface area contributed by atoms with Crippen molar-refractivity contribution >= 4 is 5.95 Å². The van der Waals surface area contributed by atoms with Crippen molar-refractivity contribution in [2.75, 3.05) is 5.32 Å². The van der Waals surface area contributed by atoms with E-state index in [0.29, 0.717) is 11.8 Å². The number of fused-ring (bicyclic) bond motifs is 1. The molecule has 0 aliphatic carbocycles. The van der Waals surface area contributed by atoms with Gasteiger partial charge in [0, 0.05) is 12.5 Å². The van der Waals surface area contributed by atoms with E-state index >= 15 is 0 Å². The molecule has 1 N–H and O–H groups in total. The molecule has 1 aliphatic rings. The van der Waals surface area contributed by atoms with Gasteiger partial charge in [-0.2, -0.15) is 10.1 Å². The molecule has 37 heavy (non-hydrogen) atoms. The molecule has 4 rings (SSSR count). The molecule has 1 aromatic carbocycles. The fourth-order valence-corrected chi connectivity index (χ4v) is 3.59. The standard InChI is InChI=1S/C17H19F3N4O.C6H8FN3.C2H6/c1-2-10-21-16-22-15-14(5-3-4-11-24(15)23-16)12-6-8-13(9-7-12)25-17(18,19)20;1-5(7)3-10-6(2)8-4-9-10;1-2/h2,6-10,14H,3-5,11H2,1H3,(H,21,23);4H,1,3H2,2H3;1-2H3/b10-2+;;/t14-;;/m0../s1. The SMILES string of the molecule is C/C=C/Nc1nc2n(n1)CCCC[C@H]2c1ccc(OC(F)(F)F)cc1.C=C(F)Cn1ncnc1C.CC. The highest BCUT2D eigenvalue weighted by atomic mass is 19.4. The molecule has 0 saturated heterocycles. The molecule has 0 radical (unpaired) electrons. The zero-order valence-corrected chi connectivity index (χ0v) is 21.5. The second-order valence-corrected chi connectivity index (χ2v) is 7.81. The van der Waals surface area contributed by atoms with Crippen LogP contribution >= 0.6 is 0 Å². The van der Waals surface area contributed by atoms with Crippen LogP contribution in [0.25, 0.3) is 0 Å². The first-order valence-electron chi connectivity index (χ1n) is 12.0. The molecule has 0 fully saturated rings. The van der Waals surface area contributed by atoms with Gasteiger partial charge in [0.25, 0.3) is 0 Å². The van der Waals surface area contributed by atoms with Crippen LogP contribution in [0.15, 0.2) is 55.3 Å². The Balaban J connectivity index is 0.000000336. The van der Waals surface area contributed by atoms with E-state index in [4.69, 9.17) is 0 Å². The van der Waals surface area contributed by atoms with E-state index in [1.807, 2.05) is 31.5 Å². The lowest BCUT2D eigenvalue weighted by Gasteiger charge is -2.15. The number of halogens is 4. The van der Waals surface area contributed by atoms with Crippen LogP contribution in [0.1, 0.15) is 63.2 Å². The normalized spacial score (nSPS) is 15.0. The van der Waals surface area contributed by atoms with E-state index in [-0.39, 0.29) is 18.2 Å².